The Balaban J connectivity index is 0.000000238. The van der Waals surface area contributed by atoms with Gasteiger partial charge in [-0.15, -0.1) is 20.4 Å². The first-order chi connectivity index (χ1) is 38.1. The monoisotopic (exact) mass is 1230 g/mol. The standard InChI is InChI=1S/C20H13F2N3O2S2.C14H10FN3S.C13H9FO2.C6H4ClFO2S.CH5N3S.2CH4/c21-16-11-10-14(13-6-2-1-3-7-13)12-15(16)19-23-24-20(28-19)25-29(26,27)18-9-5-4-8-17(18)22;15-12-7-6-10(9-4-2-1-3-5-9)8-11(12)13-17-18-14(16)19-13;14-12-7-6-10(8-11(12)13(15)16)9-4-2-1-3-5-9;7-11(9,10)6-4-2-1-3-5(6)8;2-1(5)4-3;;/h1-12H,(H,24,25);1-8H,(H2,16,18);1-8H,(H,15,16);1-4H;3H2,(H3,2,4,5);2*1H4. The van der Waals surface area contributed by atoms with Crippen LogP contribution in [0.3, 0.4) is 0 Å². The van der Waals surface area contributed by atoms with Crippen molar-refractivity contribution in [1.82, 2.24) is 25.8 Å². The van der Waals surface area contributed by atoms with Gasteiger partial charge >= 0.3 is 5.97 Å². The minimum absolute atomic E-state index is 0. The van der Waals surface area contributed by atoms with Gasteiger partial charge in [-0.1, -0.05) is 171 Å². The number of thiocarbonyl (C=S) groups is 1. The van der Waals surface area contributed by atoms with Crippen LogP contribution in [0.1, 0.15) is 25.2 Å². The molecule has 0 aliphatic heterocycles. The smallest absolute Gasteiger partial charge is 0.338 e. The van der Waals surface area contributed by atoms with Crippen molar-refractivity contribution in [2.45, 2.75) is 24.6 Å². The fourth-order valence-electron chi connectivity index (χ4n) is 6.69. The molecule has 0 saturated carbocycles. The number of hydrazine groups is 1. The minimum Gasteiger partial charge on any atom is -0.478 e. The Kier molecular flexibility index (Phi) is 24.8. The van der Waals surface area contributed by atoms with Crippen LogP contribution in [0.2, 0.25) is 0 Å². The average Bonchev–Trinajstić information content (AvgIpc) is 4.31. The second-order valence-electron chi connectivity index (χ2n) is 15.8. The summed E-state index contributed by atoms with van der Waals surface area (Å²) in [7, 11) is -3.23. The van der Waals surface area contributed by atoms with E-state index < -0.39 is 58.1 Å². The number of sulfonamides is 1. The molecule has 2 aromatic heterocycles. The highest BCUT2D eigenvalue weighted by atomic mass is 35.7. The molecule has 2 heterocycles. The number of hydrogen-bond donors (Lipinski definition) is 6. The quantitative estimate of drug-likeness (QED) is 0.0245. The van der Waals surface area contributed by atoms with E-state index >= 15 is 0 Å². The Hall–Kier alpha value is -8.56. The van der Waals surface area contributed by atoms with Crippen LogP contribution in [0.15, 0.2) is 204 Å². The molecule has 15 nitrogen and oxygen atoms in total. The number of carbonyl (C=O) groups is 1. The summed E-state index contributed by atoms with van der Waals surface area (Å²) in [5.74, 6) is 0.138. The van der Waals surface area contributed by atoms with Crippen LogP contribution in [0.4, 0.5) is 32.2 Å². The maximum Gasteiger partial charge on any atom is 0.338 e. The molecule has 0 atom stereocenters. The van der Waals surface area contributed by atoms with Gasteiger partial charge in [-0.2, -0.15) is 0 Å². The predicted octanol–water partition coefficient (Wildman–Crippen LogP) is 13.5. The van der Waals surface area contributed by atoms with Gasteiger partial charge in [0.2, 0.25) is 10.3 Å². The Morgan fingerprint density at radius 2 is 0.890 bits per heavy atom. The lowest BCUT2D eigenvalue weighted by molar-refractivity contribution is 0.0691. The van der Waals surface area contributed by atoms with Crippen molar-refractivity contribution >= 4 is 86.0 Å². The summed E-state index contributed by atoms with van der Waals surface area (Å²) in [5.41, 5.74) is 17.9. The van der Waals surface area contributed by atoms with E-state index in [1.165, 1.54) is 59.9 Å². The molecule has 0 fully saturated rings. The van der Waals surface area contributed by atoms with Gasteiger partial charge < -0.3 is 22.0 Å². The van der Waals surface area contributed by atoms with E-state index in [1.54, 1.807) is 30.3 Å². The lowest BCUT2D eigenvalue weighted by Gasteiger charge is -2.05. The molecular weight excluding hydrogens is 1190 g/mol. The molecule has 9 N–H and O–H groups in total. The zero-order valence-electron chi connectivity index (χ0n) is 40.8. The third-order valence-electron chi connectivity index (χ3n) is 10.4. The second kappa shape index (κ2) is 30.9. The summed E-state index contributed by atoms with van der Waals surface area (Å²) >= 11 is 6.27. The van der Waals surface area contributed by atoms with Crippen LogP contribution >= 0.6 is 45.6 Å². The van der Waals surface area contributed by atoms with Crippen molar-refractivity contribution in [3.63, 3.8) is 0 Å². The molecule has 10 rings (SSSR count). The average molecular weight is 1230 g/mol. The minimum atomic E-state index is -4.18. The van der Waals surface area contributed by atoms with E-state index in [0.717, 1.165) is 63.4 Å². The molecule has 0 aliphatic rings. The number of aromatic carboxylic acids is 1. The van der Waals surface area contributed by atoms with Gasteiger partial charge in [-0.25, -0.2) is 49.4 Å². The number of hydrogen-bond acceptors (Lipinski definition) is 14. The topological polar surface area (TPSA) is 259 Å². The van der Waals surface area contributed by atoms with E-state index in [1.807, 2.05) is 96.4 Å². The summed E-state index contributed by atoms with van der Waals surface area (Å²) < 4.78 is 116. The lowest BCUT2D eigenvalue weighted by Crippen LogP contribution is -2.34. The highest BCUT2D eigenvalue weighted by Crippen LogP contribution is 2.34. The van der Waals surface area contributed by atoms with Gasteiger partial charge in [-0.3, -0.25) is 4.72 Å². The van der Waals surface area contributed by atoms with Gasteiger partial charge in [0.1, 0.15) is 38.9 Å². The Labute approximate surface area is 487 Å². The van der Waals surface area contributed by atoms with Crippen LogP contribution < -0.4 is 27.5 Å². The Morgan fingerprint density at radius 1 is 0.512 bits per heavy atom. The van der Waals surface area contributed by atoms with Gasteiger partial charge in [-0.05, 0) is 106 Å². The molecule has 0 bridgehead atoms. The van der Waals surface area contributed by atoms with Crippen molar-refractivity contribution in [2.24, 2.45) is 11.6 Å². The number of aromatic nitrogens is 4. The van der Waals surface area contributed by atoms with Crippen LogP contribution in [0, 0.1) is 29.1 Å². The van der Waals surface area contributed by atoms with Gasteiger partial charge in [0.05, 0.1) is 5.56 Å². The number of rotatable bonds is 10. The summed E-state index contributed by atoms with van der Waals surface area (Å²) in [6.45, 7) is 0. The van der Waals surface area contributed by atoms with Crippen molar-refractivity contribution < 1.29 is 48.7 Å². The van der Waals surface area contributed by atoms with Crippen LogP contribution in [0.25, 0.3) is 54.5 Å². The van der Waals surface area contributed by atoms with E-state index in [9.17, 15) is 43.6 Å². The first-order valence-corrected chi connectivity index (χ1v) is 28.4. The number of carboxylic acid groups (broad SMARTS) is 1. The normalized spacial score (nSPS) is 10.4. The zero-order chi connectivity index (χ0) is 58.0. The number of nitrogens with zero attached hydrogens (tertiary/aromatic N) is 4. The summed E-state index contributed by atoms with van der Waals surface area (Å²) in [6, 6.07) is 52.0. The molecule has 0 saturated heterocycles. The molecule has 8 aromatic carbocycles. The largest absolute Gasteiger partial charge is 0.478 e. The Bertz CT molecular complexity index is 3970. The summed E-state index contributed by atoms with van der Waals surface area (Å²) in [6.07, 6.45) is 0. The molecule has 0 aliphatic carbocycles. The number of anilines is 2. The summed E-state index contributed by atoms with van der Waals surface area (Å²) in [5, 5.41) is 25.1. The number of benzene rings is 8. The van der Waals surface area contributed by atoms with E-state index in [0.29, 0.717) is 21.3 Å². The molecule has 0 radical (unpaired) electrons. The first kappa shape index (κ1) is 66.0. The molecule has 26 heteroatoms. The van der Waals surface area contributed by atoms with Crippen LogP contribution in [-0.2, 0) is 19.1 Å². The number of nitrogens with one attached hydrogen (secondary N) is 2. The van der Waals surface area contributed by atoms with Crippen molar-refractivity contribution in [1.29, 1.82) is 0 Å². The lowest BCUT2D eigenvalue weighted by atomic mass is 10.0. The second-order valence-corrected chi connectivity index (χ2v) is 22.4. The van der Waals surface area contributed by atoms with Gasteiger partial charge in [0, 0.05) is 21.8 Å². The van der Waals surface area contributed by atoms with Gasteiger partial charge in [0.25, 0.3) is 19.1 Å². The SMILES string of the molecule is C.C.NNC(N)=S.Nc1nnc(-c2cc(-c3ccccc3)ccc2F)s1.O=C(O)c1cc(-c2ccccc2)ccc1F.O=S(=O)(Cl)c1ccccc1F.O=S(=O)(Nc1nnc(-c2cc(-c3ccccc3)ccc2F)s1)c1ccccc1F. The van der Waals surface area contributed by atoms with E-state index in [-0.39, 0.29) is 47.0 Å². The molecule has 10 aromatic rings. The first-order valence-electron chi connectivity index (χ1n) is 22.6. The third kappa shape index (κ3) is 18.8. The molecule has 426 valence electrons. The number of carboxylic acids is 1. The highest BCUT2D eigenvalue weighted by molar-refractivity contribution is 8.13. The summed E-state index contributed by atoms with van der Waals surface area (Å²) in [4.78, 5) is 9.78. The Morgan fingerprint density at radius 3 is 1.27 bits per heavy atom. The van der Waals surface area contributed by atoms with Gasteiger partial charge in [0.15, 0.2) is 15.1 Å². The van der Waals surface area contributed by atoms with Crippen molar-refractivity contribution in [3.05, 3.63) is 229 Å². The molecule has 0 spiro atoms. The highest BCUT2D eigenvalue weighted by Gasteiger charge is 2.22. The van der Waals surface area contributed by atoms with Crippen LogP contribution in [0.5, 0.6) is 0 Å². The zero-order valence-corrected chi connectivity index (χ0v) is 45.6. The maximum absolute atomic E-state index is 14.4. The maximum atomic E-state index is 14.4. The fraction of sp³-hybridized carbons (Fsp3) is 0.0357. The molecule has 0 amide bonds. The predicted molar refractivity (Wildman–Crippen MR) is 319 cm³/mol. The number of nitrogen functional groups attached to an aromatic ring is 1. The number of nitrogens with two attached hydrogens (primary N) is 3. The fourth-order valence-corrected chi connectivity index (χ4v) is 10.3. The molecule has 82 heavy (non-hydrogen) atoms. The van der Waals surface area contributed by atoms with Crippen LogP contribution in [-0.4, -0.2) is 53.4 Å². The molecule has 0 unspecified atom stereocenters. The van der Waals surface area contributed by atoms with E-state index in [2.05, 4.69) is 43.2 Å². The number of halogens is 6. The molecular formula is C56H49ClF5N9O6S5. The van der Waals surface area contributed by atoms with Crippen molar-refractivity contribution in [2.75, 3.05) is 10.5 Å². The van der Waals surface area contributed by atoms with E-state index in [4.69, 9.17) is 27.3 Å². The van der Waals surface area contributed by atoms with Crippen molar-refractivity contribution in [3.8, 4) is 54.5 Å². The third-order valence-corrected chi connectivity index (χ3v) is 15.0.